The van der Waals surface area contributed by atoms with Gasteiger partial charge in [-0.2, -0.15) is 0 Å². The molecule has 5 nitrogen and oxygen atoms in total. The fourth-order valence-corrected chi connectivity index (χ4v) is 2.29. The van der Waals surface area contributed by atoms with E-state index in [-0.39, 0.29) is 5.97 Å². The molecule has 2 heterocycles. The quantitative estimate of drug-likeness (QED) is 0.626. The zero-order chi connectivity index (χ0) is 11.4. The maximum atomic E-state index is 11.4. The van der Waals surface area contributed by atoms with Crippen LogP contribution in [0.15, 0.2) is 0 Å². The molecule has 5 heteroatoms. The second-order valence-corrected chi connectivity index (χ2v) is 4.25. The summed E-state index contributed by atoms with van der Waals surface area (Å²) in [5, 5.41) is 0. The van der Waals surface area contributed by atoms with Gasteiger partial charge in [-0.1, -0.05) is 0 Å². The summed E-state index contributed by atoms with van der Waals surface area (Å²) in [5.74, 6) is -0.276. The molecule has 2 aliphatic heterocycles. The minimum absolute atomic E-state index is 0.276. The van der Waals surface area contributed by atoms with Crippen LogP contribution in [0.4, 0.5) is 0 Å². The zero-order valence-corrected chi connectivity index (χ0v) is 9.68. The van der Waals surface area contributed by atoms with Gasteiger partial charge in [0, 0.05) is 25.7 Å². The molecule has 0 aromatic heterocycles. The lowest BCUT2D eigenvalue weighted by Gasteiger charge is -2.38. The van der Waals surface area contributed by atoms with Gasteiger partial charge in [-0.3, -0.25) is 4.90 Å². The third-order valence-corrected chi connectivity index (χ3v) is 3.21. The number of hydrogen-bond acceptors (Lipinski definition) is 5. The number of nitrogens with zero attached hydrogens (tertiary/aromatic N) is 1. The molecule has 2 atom stereocenters. The van der Waals surface area contributed by atoms with Crippen LogP contribution in [0.2, 0.25) is 0 Å². The van der Waals surface area contributed by atoms with E-state index < -0.39 is 6.10 Å². The second-order valence-electron chi connectivity index (χ2n) is 4.25. The van der Waals surface area contributed by atoms with Gasteiger partial charge in [0.25, 0.3) is 0 Å². The van der Waals surface area contributed by atoms with E-state index in [0.717, 1.165) is 32.6 Å². The van der Waals surface area contributed by atoms with E-state index >= 15 is 0 Å². The molecule has 16 heavy (non-hydrogen) atoms. The van der Waals surface area contributed by atoms with E-state index in [0.29, 0.717) is 19.2 Å². The van der Waals surface area contributed by atoms with Crippen molar-refractivity contribution in [2.24, 2.45) is 0 Å². The van der Waals surface area contributed by atoms with Crippen molar-refractivity contribution in [3.8, 4) is 0 Å². The molecule has 2 aliphatic rings. The van der Waals surface area contributed by atoms with Crippen molar-refractivity contribution >= 4 is 5.97 Å². The smallest absolute Gasteiger partial charge is 0.336 e. The predicted molar refractivity (Wildman–Crippen MR) is 57.2 cm³/mol. The molecule has 0 radical (unpaired) electrons. The number of ether oxygens (including phenoxy) is 3. The molecule has 0 spiro atoms. The number of carbonyl (C=O) groups excluding carboxylic acids is 1. The van der Waals surface area contributed by atoms with E-state index in [4.69, 9.17) is 14.2 Å². The van der Waals surface area contributed by atoms with Crippen LogP contribution in [0.1, 0.15) is 12.8 Å². The molecule has 92 valence electrons. The maximum absolute atomic E-state index is 11.4. The highest BCUT2D eigenvalue weighted by atomic mass is 16.6. The third-order valence-electron chi connectivity index (χ3n) is 3.21. The van der Waals surface area contributed by atoms with Gasteiger partial charge in [0.05, 0.1) is 20.3 Å². The van der Waals surface area contributed by atoms with Gasteiger partial charge in [-0.05, 0) is 12.8 Å². The Morgan fingerprint density at radius 3 is 3.00 bits per heavy atom. The molecular formula is C11H19NO4. The summed E-state index contributed by atoms with van der Waals surface area (Å²) in [5.41, 5.74) is 0. The van der Waals surface area contributed by atoms with Crippen LogP contribution in [0.25, 0.3) is 0 Å². The Morgan fingerprint density at radius 1 is 1.44 bits per heavy atom. The predicted octanol–water partition coefficient (Wildman–Crippen LogP) is 0.0392. The summed E-state index contributed by atoms with van der Waals surface area (Å²) >= 11 is 0. The molecule has 0 saturated carbocycles. The van der Waals surface area contributed by atoms with Crippen molar-refractivity contribution in [1.29, 1.82) is 0 Å². The lowest BCUT2D eigenvalue weighted by Crippen LogP contribution is -2.52. The van der Waals surface area contributed by atoms with E-state index in [1.165, 1.54) is 7.11 Å². The highest BCUT2D eigenvalue weighted by Crippen LogP contribution is 2.17. The third kappa shape index (κ3) is 2.72. The zero-order valence-electron chi connectivity index (χ0n) is 9.68. The Kier molecular flexibility index (Phi) is 4.15. The molecule has 0 bridgehead atoms. The van der Waals surface area contributed by atoms with Gasteiger partial charge >= 0.3 is 5.97 Å². The van der Waals surface area contributed by atoms with Crippen molar-refractivity contribution in [2.75, 3.05) is 40.0 Å². The minimum Gasteiger partial charge on any atom is -0.467 e. The maximum Gasteiger partial charge on any atom is 0.336 e. The standard InChI is InChI=1S/C11H19NO4/c1-14-11(13)10-7-12(4-6-16-10)9-3-2-5-15-8-9/h9-10H,2-8H2,1H3. The van der Waals surface area contributed by atoms with E-state index in [1.54, 1.807) is 0 Å². The van der Waals surface area contributed by atoms with Gasteiger partial charge in [-0.15, -0.1) is 0 Å². The summed E-state index contributed by atoms with van der Waals surface area (Å²) < 4.78 is 15.6. The number of esters is 1. The van der Waals surface area contributed by atoms with Crippen molar-refractivity contribution in [3.63, 3.8) is 0 Å². The molecule has 0 aromatic rings. The Bertz CT molecular complexity index is 240. The summed E-state index contributed by atoms with van der Waals surface area (Å²) in [7, 11) is 1.40. The summed E-state index contributed by atoms with van der Waals surface area (Å²) in [6.45, 7) is 3.73. The monoisotopic (exact) mass is 229 g/mol. The van der Waals surface area contributed by atoms with Crippen LogP contribution in [0.3, 0.4) is 0 Å². The Labute approximate surface area is 95.6 Å². The average molecular weight is 229 g/mol. The second kappa shape index (κ2) is 5.61. The van der Waals surface area contributed by atoms with E-state index in [9.17, 15) is 4.79 Å². The molecule has 0 amide bonds. The van der Waals surface area contributed by atoms with Crippen LogP contribution < -0.4 is 0 Å². The topological polar surface area (TPSA) is 48.0 Å². The first-order valence-electron chi connectivity index (χ1n) is 5.82. The van der Waals surface area contributed by atoms with E-state index in [1.807, 2.05) is 0 Å². The summed E-state index contributed by atoms with van der Waals surface area (Å²) in [6.07, 6.45) is 1.82. The number of carbonyl (C=O) groups is 1. The highest BCUT2D eigenvalue weighted by molar-refractivity contribution is 5.74. The van der Waals surface area contributed by atoms with Gasteiger partial charge in [0.2, 0.25) is 0 Å². The van der Waals surface area contributed by atoms with Gasteiger partial charge in [-0.25, -0.2) is 4.79 Å². The molecule has 2 rings (SSSR count). The SMILES string of the molecule is COC(=O)C1CN(C2CCCOC2)CCO1. The van der Waals surface area contributed by atoms with Crippen LogP contribution in [-0.2, 0) is 19.0 Å². The van der Waals surface area contributed by atoms with Crippen molar-refractivity contribution < 1.29 is 19.0 Å². The molecule has 2 saturated heterocycles. The number of hydrogen-bond donors (Lipinski definition) is 0. The number of methoxy groups -OCH3 is 1. The van der Waals surface area contributed by atoms with Crippen LogP contribution in [0.5, 0.6) is 0 Å². The van der Waals surface area contributed by atoms with Crippen LogP contribution in [0, 0.1) is 0 Å². The Balaban J connectivity index is 1.87. The van der Waals surface area contributed by atoms with E-state index in [2.05, 4.69) is 4.90 Å². The van der Waals surface area contributed by atoms with Crippen molar-refractivity contribution in [2.45, 2.75) is 25.0 Å². The summed E-state index contributed by atoms with van der Waals surface area (Å²) in [4.78, 5) is 13.7. The van der Waals surface area contributed by atoms with Crippen molar-refractivity contribution in [3.05, 3.63) is 0 Å². The van der Waals surface area contributed by atoms with Gasteiger partial charge in [0.15, 0.2) is 6.10 Å². The lowest BCUT2D eigenvalue weighted by molar-refractivity contribution is -0.162. The first-order valence-corrected chi connectivity index (χ1v) is 5.82. The highest BCUT2D eigenvalue weighted by Gasteiger charge is 2.31. The molecule has 0 aliphatic carbocycles. The van der Waals surface area contributed by atoms with Crippen LogP contribution >= 0.6 is 0 Å². The minimum atomic E-state index is -0.430. The normalized spacial score (nSPS) is 32.3. The largest absolute Gasteiger partial charge is 0.467 e. The first kappa shape index (κ1) is 11.8. The molecular weight excluding hydrogens is 210 g/mol. The summed E-state index contributed by atoms with van der Waals surface area (Å²) in [6, 6.07) is 0.435. The van der Waals surface area contributed by atoms with Crippen LogP contribution in [-0.4, -0.2) is 63.0 Å². The van der Waals surface area contributed by atoms with Gasteiger partial charge < -0.3 is 14.2 Å². The fraction of sp³-hybridized carbons (Fsp3) is 0.909. The molecule has 0 aromatic carbocycles. The number of morpholine rings is 1. The Morgan fingerprint density at radius 2 is 2.31 bits per heavy atom. The number of rotatable bonds is 2. The lowest BCUT2D eigenvalue weighted by atomic mass is 10.1. The fourth-order valence-electron chi connectivity index (χ4n) is 2.29. The molecule has 2 unspecified atom stereocenters. The molecule has 0 N–H and O–H groups in total. The van der Waals surface area contributed by atoms with Crippen molar-refractivity contribution in [1.82, 2.24) is 4.90 Å². The average Bonchev–Trinajstić information content (AvgIpc) is 2.39. The van der Waals surface area contributed by atoms with Gasteiger partial charge in [0.1, 0.15) is 0 Å². The molecule has 2 fully saturated rings. The first-order chi connectivity index (χ1) is 7.81. The Hall–Kier alpha value is -0.650.